The van der Waals surface area contributed by atoms with E-state index in [9.17, 15) is 0 Å². The third-order valence-electron chi connectivity index (χ3n) is 4.33. The monoisotopic (exact) mass is 321 g/mol. The van der Waals surface area contributed by atoms with Crippen molar-refractivity contribution in [2.24, 2.45) is 0 Å². The number of fused-ring (bicyclic) bond motifs is 1. The van der Waals surface area contributed by atoms with E-state index in [2.05, 4.69) is 60.4 Å². The van der Waals surface area contributed by atoms with Gasteiger partial charge in [0.1, 0.15) is 0 Å². The van der Waals surface area contributed by atoms with Gasteiger partial charge in [-0.05, 0) is 41.3 Å². The minimum Gasteiger partial charge on any atom is -0.481 e. The van der Waals surface area contributed by atoms with Crippen LogP contribution in [0.15, 0.2) is 48.5 Å². The highest BCUT2D eigenvalue weighted by Crippen LogP contribution is 2.23. The van der Waals surface area contributed by atoms with Crippen LogP contribution in [-0.4, -0.2) is 12.1 Å². The summed E-state index contributed by atoms with van der Waals surface area (Å²) in [6.45, 7) is 5.21. The van der Waals surface area contributed by atoms with Gasteiger partial charge in [-0.15, -0.1) is 0 Å². The molecule has 0 radical (unpaired) electrons. The van der Waals surface area contributed by atoms with Crippen molar-refractivity contribution in [2.45, 2.75) is 33.5 Å². The molecule has 1 aromatic heterocycles. The Morgan fingerprint density at radius 2 is 1.67 bits per heavy atom. The lowest BCUT2D eigenvalue weighted by Gasteiger charge is -2.13. The van der Waals surface area contributed by atoms with E-state index in [-0.39, 0.29) is 0 Å². The Hall–Kier alpha value is -2.39. The lowest BCUT2D eigenvalue weighted by molar-refractivity contribution is 0.105. The summed E-state index contributed by atoms with van der Waals surface area (Å²) in [5.41, 5.74) is 4.45. The molecule has 3 rings (SSSR count). The Morgan fingerprint density at radius 1 is 0.917 bits per heavy atom. The SMILES string of the molecule is CCc1cc(COCc2cccc3ccccc23)c(OC)nc1C. The molecule has 0 N–H and O–H groups in total. The number of rotatable bonds is 6. The van der Waals surface area contributed by atoms with Gasteiger partial charge < -0.3 is 9.47 Å². The zero-order valence-corrected chi connectivity index (χ0v) is 14.5. The second-order valence-corrected chi connectivity index (χ2v) is 5.89. The van der Waals surface area contributed by atoms with E-state index in [1.165, 1.54) is 21.9 Å². The highest BCUT2D eigenvalue weighted by molar-refractivity contribution is 5.85. The van der Waals surface area contributed by atoms with Crippen LogP contribution in [0.5, 0.6) is 5.88 Å². The van der Waals surface area contributed by atoms with Crippen molar-refractivity contribution < 1.29 is 9.47 Å². The van der Waals surface area contributed by atoms with Gasteiger partial charge >= 0.3 is 0 Å². The maximum atomic E-state index is 5.98. The number of nitrogens with zero attached hydrogens (tertiary/aromatic N) is 1. The third-order valence-corrected chi connectivity index (χ3v) is 4.33. The van der Waals surface area contributed by atoms with Crippen LogP contribution in [0, 0.1) is 6.92 Å². The molecular weight excluding hydrogens is 298 g/mol. The van der Waals surface area contributed by atoms with Gasteiger partial charge in [0.05, 0.1) is 20.3 Å². The van der Waals surface area contributed by atoms with Crippen molar-refractivity contribution in [1.82, 2.24) is 4.98 Å². The molecule has 0 aliphatic rings. The predicted molar refractivity (Wildman–Crippen MR) is 97.3 cm³/mol. The van der Waals surface area contributed by atoms with Crippen molar-refractivity contribution in [3.8, 4) is 5.88 Å². The van der Waals surface area contributed by atoms with Crippen LogP contribution in [0.4, 0.5) is 0 Å². The lowest BCUT2D eigenvalue weighted by atomic mass is 10.1. The molecule has 0 fully saturated rings. The lowest BCUT2D eigenvalue weighted by Crippen LogP contribution is -2.03. The molecule has 3 aromatic rings. The average Bonchev–Trinajstić information content (AvgIpc) is 2.62. The first kappa shape index (κ1) is 16.5. The Balaban J connectivity index is 1.76. The second kappa shape index (κ2) is 7.45. The molecule has 124 valence electrons. The summed E-state index contributed by atoms with van der Waals surface area (Å²) in [5.74, 6) is 0.655. The van der Waals surface area contributed by atoms with Crippen LogP contribution >= 0.6 is 0 Å². The largest absolute Gasteiger partial charge is 0.481 e. The minimum atomic E-state index is 0.493. The number of hydrogen-bond acceptors (Lipinski definition) is 3. The van der Waals surface area contributed by atoms with Crippen LogP contribution in [-0.2, 0) is 24.4 Å². The molecule has 0 saturated heterocycles. The van der Waals surface area contributed by atoms with E-state index >= 15 is 0 Å². The zero-order valence-electron chi connectivity index (χ0n) is 14.5. The van der Waals surface area contributed by atoms with Gasteiger partial charge in [-0.25, -0.2) is 4.98 Å². The van der Waals surface area contributed by atoms with Gasteiger partial charge in [-0.2, -0.15) is 0 Å². The van der Waals surface area contributed by atoms with Gasteiger partial charge in [0.25, 0.3) is 0 Å². The summed E-state index contributed by atoms with van der Waals surface area (Å²) >= 11 is 0. The van der Waals surface area contributed by atoms with Crippen LogP contribution < -0.4 is 4.74 Å². The van der Waals surface area contributed by atoms with Crippen molar-refractivity contribution in [3.05, 3.63) is 70.9 Å². The number of aryl methyl sites for hydroxylation is 2. The fraction of sp³-hybridized carbons (Fsp3) is 0.286. The quantitative estimate of drug-likeness (QED) is 0.651. The molecule has 3 nitrogen and oxygen atoms in total. The summed E-state index contributed by atoms with van der Waals surface area (Å²) in [7, 11) is 1.65. The molecule has 0 atom stereocenters. The average molecular weight is 321 g/mol. The maximum absolute atomic E-state index is 5.98. The van der Waals surface area contributed by atoms with E-state index < -0.39 is 0 Å². The van der Waals surface area contributed by atoms with Gasteiger partial charge in [-0.1, -0.05) is 49.4 Å². The molecule has 0 bridgehead atoms. The molecule has 0 spiro atoms. The molecular formula is C21H23NO2. The van der Waals surface area contributed by atoms with Crippen molar-refractivity contribution in [1.29, 1.82) is 0 Å². The Kier molecular flexibility index (Phi) is 5.11. The zero-order chi connectivity index (χ0) is 16.9. The fourth-order valence-corrected chi connectivity index (χ4v) is 3.00. The number of benzene rings is 2. The van der Waals surface area contributed by atoms with E-state index in [0.29, 0.717) is 19.1 Å². The van der Waals surface area contributed by atoms with E-state index in [0.717, 1.165) is 17.7 Å². The molecule has 24 heavy (non-hydrogen) atoms. The smallest absolute Gasteiger partial charge is 0.218 e. The number of ether oxygens (including phenoxy) is 2. The Labute approximate surface area is 143 Å². The van der Waals surface area contributed by atoms with Crippen LogP contribution in [0.25, 0.3) is 10.8 Å². The topological polar surface area (TPSA) is 31.4 Å². The van der Waals surface area contributed by atoms with Gasteiger partial charge in [-0.3, -0.25) is 0 Å². The van der Waals surface area contributed by atoms with Crippen LogP contribution in [0.3, 0.4) is 0 Å². The number of hydrogen-bond donors (Lipinski definition) is 0. The first-order valence-electron chi connectivity index (χ1n) is 8.30. The van der Waals surface area contributed by atoms with Crippen LogP contribution in [0.2, 0.25) is 0 Å². The Morgan fingerprint density at radius 3 is 2.46 bits per heavy atom. The molecule has 0 amide bonds. The number of methoxy groups -OCH3 is 1. The van der Waals surface area contributed by atoms with Crippen molar-refractivity contribution in [3.63, 3.8) is 0 Å². The first-order chi connectivity index (χ1) is 11.7. The molecule has 0 saturated carbocycles. The van der Waals surface area contributed by atoms with E-state index in [1.807, 2.05) is 6.92 Å². The first-order valence-corrected chi connectivity index (χ1v) is 8.30. The van der Waals surface area contributed by atoms with E-state index in [1.54, 1.807) is 7.11 Å². The summed E-state index contributed by atoms with van der Waals surface area (Å²) < 4.78 is 11.4. The predicted octanol–water partition coefficient (Wildman–Crippen LogP) is 4.83. The van der Waals surface area contributed by atoms with Gasteiger partial charge in [0, 0.05) is 11.3 Å². The third kappa shape index (κ3) is 3.41. The van der Waals surface area contributed by atoms with Crippen molar-refractivity contribution >= 4 is 10.8 Å². The normalized spacial score (nSPS) is 11.0. The molecule has 0 unspecified atom stereocenters. The molecule has 2 aromatic carbocycles. The molecule has 0 aliphatic carbocycles. The Bertz CT molecular complexity index is 837. The number of pyridine rings is 1. The molecule has 0 aliphatic heterocycles. The highest BCUT2D eigenvalue weighted by Gasteiger charge is 2.10. The second-order valence-electron chi connectivity index (χ2n) is 5.89. The highest BCUT2D eigenvalue weighted by atomic mass is 16.5. The van der Waals surface area contributed by atoms with Gasteiger partial charge in [0.15, 0.2) is 0 Å². The number of aromatic nitrogens is 1. The van der Waals surface area contributed by atoms with Gasteiger partial charge in [0.2, 0.25) is 5.88 Å². The summed E-state index contributed by atoms with van der Waals surface area (Å²) in [6.07, 6.45) is 0.957. The minimum absolute atomic E-state index is 0.493. The summed E-state index contributed by atoms with van der Waals surface area (Å²) in [6, 6.07) is 16.8. The van der Waals surface area contributed by atoms with Crippen molar-refractivity contribution in [2.75, 3.05) is 7.11 Å². The molecule has 1 heterocycles. The van der Waals surface area contributed by atoms with Crippen LogP contribution in [0.1, 0.15) is 29.3 Å². The molecule has 3 heteroatoms. The fourth-order valence-electron chi connectivity index (χ4n) is 3.00. The standard InChI is InChI=1S/C21H23NO2/c1-4-16-12-19(21(23-3)22-15(16)2)14-24-13-18-10-7-9-17-8-5-6-11-20(17)18/h5-12H,4,13-14H2,1-3H3. The van der Waals surface area contributed by atoms with E-state index in [4.69, 9.17) is 9.47 Å². The summed E-state index contributed by atoms with van der Waals surface area (Å²) in [4.78, 5) is 4.54. The summed E-state index contributed by atoms with van der Waals surface area (Å²) in [5, 5.41) is 2.48. The maximum Gasteiger partial charge on any atom is 0.218 e.